The lowest BCUT2D eigenvalue weighted by Gasteiger charge is -2.44. The molecule has 0 saturated carbocycles. The first kappa shape index (κ1) is 34.5. The van der Waals surface area contributed by atoms with Crippen LogP contribution in [0.15, 0.2) is 24.4 Å². The van der Waals surface area contributed by atoms with E-state index in [1.807, 2.05) is 11.9 Å². The van der Waals surface area contributed by atoms with Crippen LogP contribution in [0.5, 0.6) is 0 Å². The number of likely N-dealkylation sites (N-methyl/N-ethyl adjacent to an activating group) is 1. The molecule has 2 amide bonds. The first-order chi connectivity index (χ1) is 22.4. The Morgan fingerprint density at radius 1 is 1.13 bits per heavy atom. The zero-order valence-corrected chi connectivity index (χ0v) is 28.2. The van der Waals surface area contributed by atoms with Crippen LogP contribution in [0.2, 0.25) is 5.02 Å². The van der Waals surface area contributed by atoms with Gasteiger partial charge in [0, 0.05) is 64.0 Å². The molecule has 2 fully saturated rings. The van der Waals surface area contributed by atoms with Crippen molar-refractivity contribution in [3.63, 3.8) is 0 Å². The summed E-state index contributed by atoms with van der Waals surface area (Å²) in [5.41, 5.74) is 5.83. The van der Waals surface area contributed by atoms with Crippen LogP contribution in [0.4, 0.5) is 25.8 Å². The minimum absolute atomic E-state index is 0.0128. The van der Waals surface area contributed by atoms with E-state index >= 15 is 4.39 Å². The van der Waals surface area contributed by atoms with Crippen LogP contribution in [0.25, 0.3) is 5.69 Å². The molecule has 0 unspecified atom stereocenters. The van der Waals surface area contributed by atoms with Gasteiger partial charge in [-0.3, -0.25) is 19.4 Å². The van der Waals surface area contributed by atoms with Crippen molar-refractivity contribution in [1.29, 1.82) is 0 Å². The van der Waals surface area contributed by atoms with E-state index in [1.54, 1.807) is 18.0 Å². The lowest BCUT2D eigenvalue weighted by atomic mass is 10.1. The molecule has 2 atom stereocenters. The lowest BCUT2D eigenvalue weighted by molar-refractivity contribution is 0.0361. The molecule has 1 aromatic heterocycles. The lowest BCUT2D eigenvalue weighted by Crippen LogP contribution is -2.55. The summed E-state index contributed by atoms with van der Waals surface area (Å²) in [4.78, 5) is 34.8. The zero-order valence-electron chi connectivity index (χ0n) is 27.4. The summed E-state index contributed by atoms with van der Waals surface area (Å²) in [5.74, 6) is -2.62. The Kier molecular flexibility index (Phi) is 10.6. The molecule has 2 saturated heterocycles. The Bertz CT molecular complexity index is 1620. The highest BCUT2D eigenvalue weighted by atomic mass is 35.5. The number of carbonyl (C=O) groups excluding carboxylic acids is 2. The number of nitrogens with two attached hydrogens (primary N) is 1. The maximum Gasteiger partial charge on any atom is 0.275 e. The predicted molar refractivity (Wildman–Crippen MR) is 178 cm³/mol. The van der Waals surface area contributed by atoms with Crippen LogP contribution in [0.1, 0.15) is 46.7 Å². The monoisotopic (exact) mass is 673 g/mol. The number of piperazine rings is 1. The van der Waals surface area contributed by atoms with Gasteiger partial charge in [-0.05, 0) is 52.4 Å². The molecule has 3 heterocycles. The van der Waals surface area contributed by atoms with E-state index in [2.05, 4.69) is 39.3 Å². The van der Waals surface area contributed by atoms with Crippen molar-refractivity contribution in [2.24, 2.45) is 0 Å². The molecule has 254 valence electrons. The second kappa shape index (κ2) is 14.5. The molecule has 5 rings (SSSR count). The summed E-state index contributed by atoms with van der Waals surface area (Å²) in [6, 6.07) is 4.66. The maximum atomic E-state index is 16.6. The number of amides is 2. The molecule has 47 heavy (non-hydrogen) atoms. The second-order valence-corrected chi connectivity index (χ2v) is 12.7. The number of morpholine rings is 1. The number of anilines is 3. The summed E-state index contributed by atoms with van der Waals surface area (Å²) in [7, 11) is 3.73. The standard InChI is InChI=1S/C32H42ClF2N9O3/c1-19-16-43(17-20(2)41(19)5)26-8-7-25(29(35)30(26)37-31(45)22-15-23(36)28(34)21(3)27(22)33)44-18-24(38-39-44)32(46)40(4)9-6-10-42-11-13-47-14-12-42/h7-8,15,18-20H,6,9-14,16-17,36H2,1-5H3,(H,37,45)/t19-,20+. The van der Waals surface area contributed by atoms with Crippen LogP contribution in [-0.2, 0) is 4.74 Å². The average Bonchev–Trinajstić information content (AvgIpc) is 3.55. The highest BCUT2D eigenvalue weighted by Crippen LogP contribution is 2.36. The molecule has 2 aliphatic rings. The van der Waals surface area contributed by atoms with Gasteiger partial charge in [-0.25, -0.2) is 13.5 Å². The Morgan fingerprint density at radius 3 is 2.47 bits per heavy atom. The Balaban J connectivity index is 1.42. The van der Waals surface area contributed by atoms with E-state index in [-0.39, 0.29) is 56.9 Å². The zero-order chi connectivity index (χ0) is 34.0. The van der Waals surface area contributed by atoms with Crippen molar-refractivity contribution in [2.45, 2.75) is 39.3 Å². The number of benzene rings is 2. The number of hydrogen-bond donors (Lipinski definition) is 2. The van der Waals surface area contributed by atoms with Crippen LogP contribution >= 0.6 is 11.6 Å². The van der Waals surface area contributed by atoms with Crippen LogP contribution < -0.4 is 16.0 Å². The van der Waals surface area contributed by atoms with E-state index in [0.717, 1.165) is 32.1 Å². The minimum atomic E-state index is -0.791. The van der Waals surface area contributed by atoms with Crippen molar-refractivity contribution in [1.82, 2.24) is 29.7 Å². The number of halogens is 3. The van der Waals surface area contributed by atoms with Gasteiger partial charge in [-0.15, -0.1) is 5.10 Å². The minimum Gasteiger partial charge on any atom is -0.396 e. The largest absolute Gasteiger partial charge is 0.396 e. The predicted octanol–water partition coefficient (Wildman–Crippen LogP) is 3.66. The van der Waals surface area contributed by atoms with Crippen molar-refractivity contribution in [3.8, 4) is 5.69 Å². The van der Waals surface area contributed by atoms with Gasteiger partial charge in [0.2, 0.25) is 0 Å². The molecular weight excluding hydrogens is 632 g/mol. The van der Waals surface area contributed by atoms with Gasteiger partial charge in [-0.2, -0.15) is 0 Å². The normalized spacial score (nSPS) is 19.2. The fourth-order valence-corrected chi connectivity index (χ4v) is 6.21. The molecule has 3 aromatic rings. The van der Waals surface area contributed by atoms with Crippen molar-refractivity contribution in [2.75, 3.05) is 82.5 Å². The average molecular weight is 674 g/mol. The Labute approximate surface area is 278 Å². The van der Waals surface area contributed by atoms with Crippen molar-refractivity contribution >= 4 is 40.5 Å². The van der Waals surface area contributed by atoms with Gasteiger partial charge in [0.05, 0.1) is 41.4 Å². The second-order valence-electron chi connectivity index (χ2n) is 12.4. The van der Waals surface area contributed by atoms with E-state index in [1.165, 1.54) is 23.9 Å². The fraction of sp³-hybridized carbons (Fsp3) is 0.500. The molecule has 0 radical (unpaired) electrons. The Hall–Kier alpha value is -3.85. The van der Waals surface area contributed by atoms with Crippen LogP contribution in [0, 0.1) is 18.6 Å². The quantitative estimate of drug-likeness (QED) is 0.328. The SMILES string of the molecule is Cc1c(F)c(N)cc(C(=O)Nc2c(N3C[C@@H](C)N(C)[C@@H](C)C3)ccc(-n3cc(C(=O)N(C)CCCN4CCOCC4)nn3)c2F)c1Cl. The molecule has 2 aliphatic heterocycles. The molecule has 0 aliphatic carbocycles. The maximum absolute atomic E-state index is 16.6. The molecule has 12 nitrogen and oxygen atoms in total. The molecule has 0 bridgehead atoms. The molecule has 15 heteroatoms. The number of nitrogens with one attached hydrogen (secondary N) is 1. The third-order valence-electron chi connectivity index (χ3n) is 9.11. The van der Waals surface area contributed by atoms with Gasteiger partial charge in [0.1, 0.15) is 11.4 Å². The number of nitrogen functional groups attached to an aromatic ring is 1. The summed E-state index contributed by atoms with van der Waals surface area (Å²) >= 11 is 6.34. The highest BCUT2D eigenvalue weighted by Gasteiger charge is 2.31. The van der Waals surface area contributed by atoms with E-state index in [0.29, 0.717) is 38.5 Å². The molecule has 3 N–H and O–H groups in total. The fourth-order valence-electron chi connectivity index (χ4n) is 5.99. The summed E-state index contributed by atoms with van der Waals surface area (Å²) in [6.45, 7) is 11.2. The number of hydrogen-bond acceptors (Lipinski definition) is 9. The van der Waals surface area contributed by atoms with Gasteiger partial charge < -0.3 is 25.6 Å². The van der Waals surface area contributed by atoms with Gasteiger partial charge in [0.15, 0.2) is 17.3 Å². The number of ether oxygens (including phenoxy) is 1. The number of carbonyl (C=O) groups is 2. The van der Waals surface area contributed by atoms with Crippen LogP contribution in [-0.4, -0.2) is 120 Å². The topological polar surface area (TPSA) is 125 Å². The van der Waals surface area contributed by atoms with Crippen LogP contribution in [0.3, 0.4) is 0 Å². The third-order valence-corrected chi connectivity index (χ3v) is 9.60. The van der Waals surface area contributed by atoms with E-state index < -0.39 is 17.5 Å². The number of aromatic nitrogens is 3. The smallest absolute Gasteiger partial charge is 0.275 e. The summed E-state index contributed by atoms with van der Waals surface area (Å²) in [5, 5.41) is 10.6. The number of nitrogens with zero attached hydrogens (tertiary/aromatic N) is 7. The molecular formula is C32H42ClF2N9O3. The molecule has 0 spiro atoms. The van der Waals surface area contributed by atoms with Gasteiger partial charge >= 0.3 is 0 Å². The summed E-state index contributed by atoms with van der Waals surface area (Å²) < 4.78 is 37.5. The highest BCUT2D eigenvalue weighted by molar-refractivity contribution is 6.35. The number of rotatable bonds is 9. The van der Waals surface area contributed by atoms with E-state index in [9.17, 15) is 14.0 Å². The Morgan fingerprint density at radius 2 is 1.79 bits per heavy atom. The summed E-state index contributed by atoms with van der Waals surface area (Å²) in [6.07, 6.45) is 2.15. The van der Waals surface area contributed by atoms with Crippen molar-refractivity contribution in [3.05, 3.63) is 57.9 Å². The van der Waals surface area contributed by atoms with Gasteiger partial charge in [-0.1, -0.05) is 16.8 Å². The molecule has 2 aromatic carbocycles. The van der Waals surface area contributed by atoms with E-state index in [4.69, 9.17) is 22.1 Å². The third kappa shape index (κ3) is 7.35. The first-order valence-electron chi connectivity index (χ1n) is 15.7. The van der Waals surface area contributed by atoms with Crippen molar-refractivity contribution < 1.29 is 23.1 Å². The first-order valence-corrected chi connectivity index (χ1v) is 16.1. The van der Waals surface area contributed by atoms with Gasteiger partial charge in [0.25, 0.3) is 11.8 Å².